The number of hydrogen-bond donors (Lipinski definition) is 2. The third-order valence-electron chi connectivity index (χ3n) is 3.85. The third kappa shape index (κ3) is 1.40. The lowest BCUT2D eigenvalue weighted by molar-refractivity contribution is 0.412. The zero-order chi connectivity index (χ0) is 13.7. The summed E-state index contributed by atoms with van der Waals surface area (Å²) in [5.41, 5.74) is 9.61. The summed E-state index contributed by atoms with van der Waals surface area (Å²) in [7, 11) is 0. The molecule has 0 radical (unpaired) electrons. The Morgan fingerprint density at radius 3 is 2.80 bits per heavy atom. The highest BCUT2D eigenvalue weighted by atomic mass is 16.3. The van der Waals surface area contributed by atoms with Crippen LogP contribution in [-0.4, -0.2) is 10.0 Å². The predicted octanol–water partition coefficient (Wildman–Crippen LogP) is 1.36. The van der Waals surface area contributed by atoms with Crippen LogP contribution in [0.3, 0.4) is 0 Å². The molecule has 0 atom stereocenters. The van der Waals surface area contributed by atoms with Crippen molar-refractivity contribution in [1.29, 1.82) is 0 Å². The average Bonchev–Trinajstić information content (AvgIpc) is 2.47. The first-order valence-electron chi connectivity index (χ1n) is 6.63. The van der Waals surface area contributed by atoms with Gasteiger partial charge in [0.15, 0.2) is 0 Å². The van der Waals surface area contributed by atoms with Crippen LogP contribution < -0.4 is 16.2 Å². The molecule has 2 heterocycles. The minimum absolute atomic E-state index is 0.215. The molecule has 0 bridgehead atoms. The Morgan fingerprint density at radius 2 is 1.95 bits per heavy atom. The summed E-state index contributed by atoms with van der Waals surface area (Å²) in [4.78, 5) is 1.99. The molecule has 1 aromatic rings. The van der Waals surface area contributed by atoms with E-state index in [1.165, 1.54) is 10.8 Å². The second kappa shape index (κ2) is 3.90. The van der Waals surface area contributed by atoms with Gasteiger partial charge < -0.3 is 15.7 Å². The first-order valence-corrected chi connectivity index (χ1v) is 6.63. The number of hydrogen-bond acceptors (Lipinski definition) is 3. The van der Waals surface area contributed by atoms with Gasteiger partial charge in [-0.25, -0.2) is 0 Å². The van der Waals surface area contributed by atoms with E-state index in [0.29, 0.717) is 5.70 Å². The van der Waals surface area contributed by atoms with Crippen molar-refractivity contribution < 1.29 is 5.11 Å². The fourth-order valence-electron chi connectivity index (χ4n) is 3.03. The van der Waals surface area contributed by atoms with Crippen LogP contribution in [0.15, 0.2) is 71.9 Å². The molecule has 0 aromatic heterocycles. The van der Waals surface area contributed by atoms with Crippen molar-refractivity contribution in [2.45, 2.75) is 6.42 Å². The maximum atomic E-state index is 10.3. The number of fused-ring (bicyclic) bond motifs is 4. The largest absolute Gasteiger partial charge is 0.506 e. The Kier molecular flexibility index (Phi) is 2.18. The normalized spacial score (nSPS) is 19.6. The van der Waals surface area contributed by atoms with Crippen LogP contribution >= 0.6 is 0 Å². The molecule has 1 aromatic carbocycles. The standard InChI is InChI=1S/C17H14N2O/c18-11-9-16(20)17-14-7-2-1-5-12(14)13-6-3-4-8-15(13)19(17)10-11/h1-5,7-10,20H,6,18H2. The summed E-state index contributed by atoms with van der Waals surface area (Å²) >= 11 is 0. The molecule has 3 N–H and O–H groups in total. The van der Waals surface area contributed by atoms with Crippen LogP contribution in [0.5, 0.6) is 0 Å². The minimum atomic E-state index is 0.215. The van der Waals surface area contributed by atoms with Gasteiger partial charge in [0.2, 0.25) is 0 Å². The van der Waals surface area contributed by atoms with Crippen molar-refractivity contribution in [1.82, 2.24) is 4.90 Å². The Hall–Kier alpha value is -2.68. The van der Waals surface area contributed by atoms with E-state index >= 15 is 0 Å². The monoisotopic (exact) mass is 262 g/mol. The smallest absolute Gasteiger partial charge is 0.142 e. The average molecular weight is 262 g/mol. The molecule has 0 unspecified atom stereocenters. The third-order valence-corrected chi connectivity index (χ3v) is 3.85. The quantitative estimate of drug-likeness (QED) is 0.742. The van der Waals surface area contributed by atoms with Gasteiger partial charge in [-0.2, -0.15) is 0 Å². The van der Waals surface area contributed by atoms with Crippen LogP contribution in [-0.2, 0) is 0 Å². The Labute approximate surface area is 116 Å². The molecule has 0 fully saturated rings. The van der Waals surface area contributed by atoms with Crippen molar-refractivity contribution in [2.24, 2.45) is 5.73 Å². The number of aliphatic hydroxyl groups excluding tert-OH is 1. The Balaban J connectivity index is 2.19. The maximum Gasteiger partial charge on any atom is 0.142 e. The van der Waals surface area contributed by atoms with Gasteiger partial charge in [0.25, 0.3) is 0 Å². The van der Waals surface area contributed by atoms with Crippen LogP contribution in [0.4, 0.5) is 0 Å². The van der Waals surface area contributed by atoms with Crippen molar-refractivity contribution in [3.05, 3.63) is 82.4 Å². The van der Waals surface area contributed by atoms with Crippen molar-refractivity contribution in [3.8, 4) is 0 Å². The molecule has 98 valence electrons. The number of nitrogens with zero attached hydrogens (tertiary/aromatic N) is 1. The molecule has 0 saturated heterocycles. The van der Waals surface area contributed by atoms with Crippen LogP contribution in [0.1, 0.15) is 6.42 Å². The summed E-state index contributed by atoms with van der Waals surface area (Å²) < 4.78 is 0. The lowest BCUT2D eigenvalue weighted by Gasteiger charge is -2.34. The molecule has 3 heteroatoms. The first kappa shape index (κ1) is 11.2. The number of allylic oxidation sites excluding steroid dienone is 5. The molecule has 3 aliphatic rings. The Morgan fingerprint density at radius 1 is 1.15 bits per heavy atom. The highest BCUT2D eigenvalue weighted by Gasteiger charge is 2.27. The van der Waals surface area contributed by atoms with E-state index in [4.69, 9.17) is 5.73 Å². The van der Waals surface area contributed by atoms with Crippen molar-refractivity contribution >= 4 is 11.3 Å². The van der Waals surface area contributed by atoms with Gasteiger partial charge in [0.1, 0.15) is 5.76 Å². The van der Waals surface area contributed by atoms with E-state index in [-0.39, 0.29) is 5.76 Å². The van der Waals surface area contributed by atoms with Crippen molar-refractivity contribution in [2.75, 3.05) is 0 Å². The fraction of sp³-hybridized carbons (Fsp3) is 0.0588. The summed E-state index contributed by atoms with van der Waals surface area (Å²) in [6, 6.07) is 8.18. The van der Waals surface area contributed by atoms with E-state index < -0.39 is 0 Å². The van der Waals surface area contributed by atoms with Crippen LogP contribution in [0, 0.1) is 0 Å². The van der Waals surface area contributed by atoms with Gasteiger partial charge in [-0.15, -0.1) is 0 Å². The molecule has 0 saturated carbocycles. The topological polar surface area (TPSA) is 49.5 Å². The summed E-state index contributed by atoms with van der Waals surface area (Å²) in [5.74, 6) is 0.215. The van der Waals surface area contributed by atoms with E-state index in [0.717, 1.165) is 23.0 Å². The molecule has 2 aliphatic heterocycles. The number of benzene rings is 1. The fourth-order valence-corrected chi connectivity index (χ4v) is 3.03. The minimum Gasteiger partial charge on any atom is -0.506 e. The van der Waals surface area contributed by atoms with E-state index in [1.807, 2.05) is 35.4 Å². The van der Waals surface area contributed by atoms with E-state index in [9.17, 15) is 5.11 Å². The summed E-state index contributed by atoms with van der Waals surface area (Å²) in [5, 5.41) is 12.6. The van der Waals surface area contributed by atoms with Gasteiger partial charge in [-0.3, -0.25) is 0 Å². The Bertz CT molecular complexity index is 853. The van der Waals surface area contributed by atoms with Crippen LogP contribution in [0.2, 0.25) is 0 Å². The van der Waals surface area contributed by atoms with E-state index in [1.54, 1.807) is 6.08 Å². The zero-order valence-electron chi connectivity index (χ0n) is 10.9. The summed E-state index contributed by atoms with van der Waals surface area (Å²) in [6.07, 6.45) is 10.6. The number of aliphatic hydroxyl groups is 1. The molecule has 0 amide bonds. The maximum absolute atomic E-state index is 10.3. The van der Waals surface area contributed by atoms with Gasteiger partial charge in [0, 0.05) is 23.2 Å². The molecular formula is C17H14N2O. The van der Waals surface area contributed by atoms with E-state index in [2.05, 4.69) is 18.2 Å². The zero-order valence-corrected chi connectivity index (χ0v) is 10.9. The van der Waals surface area contributed by atoms with Gasteiger partial charge >= 0.3 is 0 Å². The van der Waals surface area contributed by atoms with Gasteiger partial charge in [-0.1, -0.05) is 36.4 Å². The molecule has 1 aliphatic carbocycles. The first-order chi connectivity index (χ1) is 9.75. The van der Waals surface area contributed by atoms with Gasteiger partial charge in [-0.05, 0) is 23.3 Å². The lowest BCUT2D eigenvalue weighted by atomic mass is 9.93. The number of rotatable bonds is 0. The molecule has 0 spiro atoms. The number of nitrogens with two attached hydrogens (primary N) is 1. The second-order valence-electron chi connectivity index (χ2n) is 5.09. The predicted molar refractivity (Wildman–Crippen MR) is 79.2 cm³/mol. The molecule has 4 rings (SSSR count). The summed E-state index contributed by atoms with van der Waals surface area (Å²) in [6.45, 7) is 0. The molecular weight excluding hydrogens is 248 g/mol. The highest BCUT2D eigenvalue weighted by Crippen LogP contribution is 2.33. The molecule has 3 nitrogen and oxygen atoms in total. The van der Waals surface area contributed by atoms with Crippen LogP contribution in [0.25, 0.3) is 11.3 Å². The molecule has 20 heavy (non-hydrogen) atoms. The highest BCUT2D eigenvalue weighted by molar-refractivity contribution is 5.79. The SMILES string of the molecule is NC1=CN2C3=CC=CCC3=c3ccccc3=C2C(O)=C1. The lowest BCUT2D eigenvalue weighted by Crippen LogP contribution is -2.41. The van der Waals surface area contributed by atoms with Gasteiger partial charge in [0.05, 0.1) is 11.4 Å². The second-order valence-corrected chi connectivity index (χ2v) is 5.09. The van der Waals surface area contributed by atoms with Crippen molar-refractivity contribution in [3.63, 3.8) is 0 Å².